The zero-order valence-corrected chi connectivity index (χ0v) is 25.8. The monoisotopic (exact) mass is 637 g/mol. The van der Waals surface area contributed by atoms with Crippen molar-refractivity contribution in [3.8, 4) is 17.2 Å². The number of carbonyl (C=O) groups is 3. The third-order valence-electron chi connectivity index (χ3n) is 10.4. The highest BCUT2D eigenvalue weighted by Gasteiger charge is 2.59. The number of fused-ring (bicyclic) bond motifs is 6. The van der Waals surface area contributed by atoms with E-state index in [0.29, 0.717) is 19.6 Å². The summed E-state index contributed by atoms with van der Waals surface area (Å²) >= 11 is 0. The molecular weight excluding hydrogens is 602 g/mol. The van der Waals surface area contributed by atoms with E-state index < -0.39 is 59.7 Å². The fraction of sp³-hybridized carbons (Fsp3) is 0.545. The summed E-state index contributed by atoms with van der Waals surface area (Å²) in [5.74, 6) is -2.29. The predicted octanol–water partition coefficient (Wildman–Crippen LogP) is 2.15. The number of aromatic hydroxyl groups is 2. The number of methoxy groups -OCH3 is 2. The molecule has 0 bridgehead atoms. The van der Waals surface area contributed by atoms with Gasteiger partial charge in [0.15, 0.2) is 30.4 Å². The molecule has 244 valence electrons. The number of ether oxygens (including phenoxy) is 7. The molecule has 0 unspecified atom stereocenters. The molecule has 4 aliphatic heterocycles. The second-order valence-electron chi connectivity index (χ2n) is 12.8. The van der Waals surface area contributed by atoms with E-state index in [1.165, 1.54) is 13.2 Å². The molecule has 2 N–H and O–H groups in total. The summed E-state index contributed by atoms with van der Waals surface area (Å²) < 4.78 is 41.8. The van der Waals surface area contributed by atoms with E-state index in [4.69, 9.17) is 33.2 Å². The second kappa shape index (κ2) is 10.5. The lowest BCUT2D eigenvalue weighted by molar-refractivity contribution is -0.261. The predicted molar refractivity (Wildman–Crippen MR) is 155 cm³/mol. The Morgan fingerprint density at radius 1 is 1.00 bits per heavy atom. The van der Waals surface area contributed by atoms with Gasteiger partial charge in [0.1, 0.15) is 35.1 Å². The van der Waals surface area contributed by atoms with Gasteiger partial charge in [-0.25, -0.2) is 0 Å². The average Bonchev–Trinajstić information content (AvgIpc) is 3.44. The van der Waals surface area contributed by atoms with Crippen LogP contribution in [0.4, 0.5) is 0 Å². The van der Waals surface area contributed by atoms with Crippen LogP contribution in [-0.4, -0.2) is 109 Å². The van der Waals surface area contributed by atoms with Crippen LogP contribution in [0.3, 0.4) is 0 Å². The van der Waals surface area contributed by atoms with Crippen molar-refractivity contribution in [2.75, 3.05) is 27.4 Å². The third kappa shape index (κ3) is 4.03. The number of morpholine rings is 1. The van der Waals surface area contributed by atoms with Crippen LogP contribution in [-0.2, 0) is 39.6 Å². The van der Waals surface area contributed by atoms with Gasteiger partial charge in [0.05, 0.1) is 42.6 Å². The first-order chi connectivity index (χ1) is 22.1. The number of benzene rings is 2. The van der Waals surface area contributed by atoms with Crippen LogP contribution in [0.2, 0.25) is 0 Å². The minimum atomic E-state index is -1.33. The quantitative estimate of drug-likeness (QED) is 0.401. The van der Waals surface area contributed by atoms with Crippen LogP contribution < -0.4 is 4.74 Å². The molecule has 13 heteroatoms. The lowest BCUT2D eigenvalue weighted by atomic mass is 9.69. The molecule has 8 rings (SSSR count). The second-order valence-corrected chi connectivity index (χ2v) is 12.8. The van der Waals surface area contributed by atoms with E-state index in [1.54, 1.807) is 26.2 Å². The molecule has 2 aromatic carbocycles. The number of phenols is 2. The van der Waals surface area contributed by atoms with Crippen molar-refractivity contribution >= 4 is 17.3 Å². The number of carbonyl (C=O) groups excluding carboxylic acids is 3. The van der Waals surface area contributed by atoms with Crippen molar-refractivity contribution in [1.82, 2.24) is 4.90 Å². The van der Waals surface area contributed by atoms with E-state index in [9.17, 15) is 24.6 Å². The van der Waals surface area contributed by atoms with Gasteiger partial charge in [-0.3, -0.25) is 19.3 Å². The van der Waals surface area contributed by atoms with E-state index in [0.717, 1.165) is 0 Å². The Kier molecular flexibility index (Phi) is 6.86. The lowest BCUT2D eigenvalue weighted by Crippen LogP contribution is -2.63. The highest BCUT2D eigenvalue weighted by Crippen LogP contribution is 2.55. The summed E-state index contributed by atoms with van der Waals surface area (Å²) in [5.41, 5.74) is -1.69. The van der Waals surface area contributed by atoms with Crippen LogP contribution in [0.25, 0.3) is 0 Å². The van der Waals surface area contributed by atoms with Gasteiger partial charge in [-0.1, -0.05) is 12.1 Å². The number of hydrogen-bond acceptors (Lipinski definition) is 13. The van der Waals surface area contributed by atoms with E-state index in [-0.39, 0.29) is 76.0 Å². The first-order valence-corrected chi connectivity index (χ1v) is 15.5. The maximum absolute atomic E-state index is 13.9. The Balaban J connectivity index is 1.19. The van der Waals surface area contributed by atoms with Crippen molar-refractivity contribution < 1.29 is 57.8 Å². The number of nitrogens with zero attached hydrogens (tertiary/aromatic N) is 1. The smallest absolute Gasteiger partial charge is 0.202 e. The molecule has 0 saturated carbocycles. The van der Waals surface area contributed by atoms with Gasteiger partial charge in [-0.15, -0.1) is 0 Å². The third-order valence-corrected chi connectivity index (χ3v) is 10.4. The highest BCUT2D eigenvalue weighted by atomic mass is 16.7. The number of Topliss-reactive ketones (excluding diaryl/α,β-unsaturated/α-hetero) is 1. The van der Waals surface area contributed by atoms with Gasteiger partial charge in [-0.2, -0.15) is 0 Å². The van der Waals surface area contributed by atoms with Gasteiger partial charge >= 0.3 is 0 Å². The molecule has 0 aromatic heterocycles. The van der Waals surface area contributed by atoms with Gasteiger partial charge in [0.25, 0.3) is 0 Å². The lowest BCUT2D eigenvalue weighted by Gasteiger charge is -2.50. The summed E-state index contributed by atoms with van der Waals surface area (Å²) in [6.07, 6.45) is -3.79. The molecule has 1 spiro atoms. The molecule has 2 aromatic rings. The van der Waals surface area contributed by atoms with Crippen LogP contribution in [0.5, 0.6) is 17.2 Å². The topological polar surface area (TPSA) is 160 Å². The molecule has 4 saturated heterocycles. The zero-order chi connectivity index (χ0) is 32.2. The molecule has 0 radical (unpaired) electrons. The molecule has 0 amide bonds. The summed E-state index contributed by atoms with van der Waals surface area (Å²) in [6, 6.07) is 4.51. The Hall–Kier alpha value is -3.43. The van der Waals surface area contributed by atoms with Crippen molar-refractivity contribution in [1.29, 1.82) is 0 Å². The minimum absolute atomic E-state index is 0.000584. The van der Waals surface area contributed by atoms with Gasteiger partial charge in [0, 0.05) is 55.6 Å². The molecular formula is C33H35NO12. The number of hydrogen-bond donors (Lipinski definition) is 2. The number of rotatable bonds is 4. The van der Waals surface area contributed by atoms with Gasteiger partial charge in [0.2, 0.25) is 5.78 Å². The molecule has 9 atom stereocenters. The fourth-order valence-electron chi connectivity index (χ4n) is 8.36. The van der Waals surface area contributed by atoms with Crippen molar-refractivity contribution in [2.45, 2.75) is 88.0 Å². The Morgan fingerprint density at radius 2 is 1.78 bits per heavy atom. The Labute approximate surface area is 264 Å². The maximum Gasteiger partial charge on any atom is 0.202 e. The molecule has 4 fully saturated rings. The van der Waals surface area contributed by atoms with Gasteiger partial charge < -0.3 is 43.4 Å². The average molecular weight is 638 g/mol. The summed E-state index contributed by atoms with van der Waals surface area (Å²) in [6.45, 7) is 4.63. The molecule has 2 aliphatic carbocycles. The fourth-order valence-corrected chi connectivity index (χ4v) is 8.36. The number of phenolic OH excluding ortho intramolecular Hbond substituents is 2. The van der Waals surface area contributed by atoms with Gasteiger partial charge in [-0.05, 0) is 19.9 Å². The maximum atomic E-state index is 13.9. The van der Waals surface area contributed by atoms with Crippen molar-refractivity contribution in [2.24, 2.45) is 0 Å². The molecule has 4 heterocycles. The van der Waals surface area contributed by atoms with E-state index >= 15 is 0 Å². The highest BCUT2D eigenvalue weighted by molar-refractivity contribution is 6.31. The summed E-state index contributed by atoms with van der Waals surface area (Å²) in [5, 5.41) is 23.5. The summed E-state index contributed by atoms with van der Waals surface area (Å²) in [4.78, 5) is 43.2. The van der Waals surface area contributed by atoms with Crippen molar-refractivity contribution in [3.05, 3.63) is 51.6 Å². The first kappa shape index (κ1) is 29.9. The normalized spacial score (nSPS) is 36.4. The summed E-state index contributed by atoms with van der Waals surface area (Å²) in [7, 11) is 2.95. The zero-order valence-electron chi connectivity index (χ0n) is 25.8. The molecule has 13 nitrogen and oxygen atoms in total. The van der Waals surface area contributed by atoms with E-state index in [2.05, 4.69) is 4.90 Å². The van der Waals surface area contributed by atoms with Crippen LogP contribution >= 0.6 is 0 Å². The van der Waals surface area contributed by atoms with Crippen LogP contribution in [0.15, 0.2) is 18.2 Å². The van der Waals surface area contributed by atoms with Crippen molar-refractivity contribution in [3.63, 3.8) is 0 Å². The van der Waals surface area contributed by atoms with Crippen LogP contribution in [0.1, 0.15) is 75.8 Å². The Bertz CT molecular complexity index is 1670. The Morgan fingerprint density at radius 3 is 2.50 bits per heavy atom. The minimum Gasteiger partial charge on any atom is -0.507 e. The molecule has 6 aliphatic rings. The molecule has 46 heavy (non-hydrogen) atoms. The standard InChI is InChI=1S/C33H35NO12/c1-13-29-17(34-8-9-42-32(41-4)31(34)45-29)10-20(43-13)44-19-12-33(30(39)14(2)46-33)11-16-22(19)28(38)24-23(26(16)36)25(35)15-6-5-7-18(40-3)21(15)27(24)37/h5-7,13-14,17,19-20,29,31-32,36,38H,8-12H2,1-4H3/t13-,14-,17-,19-,20-,29+,31+,32-,33-/m0/s1. The van der Waals surface area contributed by atoms with Crippen LogP contribution in [0, 0.1) is 0 Å². The first-order valence-electron chi connectivity index (χ1n) is 15.5. The SMILES string of the molecule is COc1cccc2c1C(=O)c1c(O)c3c(c(O)c1C2=O)C[C@@]1(C[C@@H]3O[C@H]2C[C@H]3[C@H](O[C@@H]4[C@@H](OC)OCCN43)[C@H](C)O2)O[C@@H](C)C1=O. The largest absolute Gasteiger partial charge is 0.507 e. The van der Waals surface area contributed by atoms with E-state index in [1.807, 2.05) is 6.92 Å². The number of ketones is 3.